The summed E-state index contributed by atoms with van der Waals surface area (Å²) in [5, 5.41) is 5.34. The number of para-hydroxylation sites is 1. The maximum atomic E-state index is 13.7. The molecule has 7 heteroatoms. The normalized spacial score (nSPS) is 10.8. The molecule has 0 unspecified atom stereocenters. The predicted octanol–water partition coefficient (Wildman–Crippen LogP) is 3.58. The molecular formula is C17H20F2N4O. The summed E-state index contributed by atoms with van der Waals surface area (Å²) in [5.74, 6) is -0.883. The molecule has 5 nitrogen and oxygen atoms in total. The Balaban J connectivity index is 2.18. The molecule has 0 fully saturated rings. The number of nitrogens with zero attached hydrogens (tertiary/aromatic N) is 2. The van der Waals surface area contributed by atoms with Crippen molar-refractivity contribution in [2.75, 3.05) is 11.9 Å². The Hall–Kier alpha value is -2.57. The van der Waals surface area contributed by atoms with Crippen molar-refractivity contribution in [3.05, 3.63) is 47.4 Å². The minimum atomic E-state index is -0.741. The zero-order valence-electron chi connectivity index (χ0n) is 13.9. The highest BCUT2D eigenvalue weighted by atomic mass is 19.1. The molecule has 24 heavy (non-hydrogen) atoms. The minimum Gasteiger partial charge on any atom is -0.351 e. The maximum absolute atomic E-state index is 13.7. The second-order valence-electron chi connectivity index (χ2n) is 5.85. The summed E-state index contributed by atoms with van der Waals surface area (Å²) in [4.78, 5) is 20.3. The molecule has 0 aliphatic carbocycles. The van der Waals surface area contributed by atoms with Crippen LogP contribution in [0.4, 0.5) is 20.3 Å². The highest BCUT2D eigenvalue weighted by Gasteiger charge is 2.13. The quantitative estimate of drug-likeness (QED) is 0.847. The van der Waals surface area contributed by atoms with E-state index in [1.54, 1.807) is 6.92 Å². The summed E-state index contributed by atoms with van der Waals surface area (Å²) in [6.45, 7) is 6.26. The molecule has 0 aliphatic heterocycles. The molecule has 0 radical (unpaired) electrons. The molecule has 1 heterocycles. The summed E-state index contributed by atoms with van der Waals surface area (Å²) in [6, 6.07) is 4.91. The van der Waals surface area contributed by atoms with Crippen molar-refractivity contribution in [2.45, 2.75) is 27.2 Å². The Morgan fingerprint density at radius 1 is 1.21 bits per heavy atom. The summed E-state index contributed by atoms with van der Waals surface area (Å²) < 4.78 is 27.4. The first kappa shape index (κ1) is 17.8. The summed E-state index contributed by atoms with van der Waals surface area (Å²) in [6.07, 6.45) is 0.849. The zero-order chi connectivity index (χ0) is 17.7. The van der Waals surface area contributed by atoms with Gasteiger partial charge in [-0.3, -0.25) is 4.79 Å². The molecule has 0 atom stereocenters. The number of aryl methyl sites for hydroxylation is 1. The van der Waals surface area contributed by atoms with Crippen LogP contribution >= 0.6 is 0 Å². The van der Waals surface area contributed by atoms with E-state index in [2.05, 4.69) is 34.4 Å². The van der Waals surface area contributed by atoms with Gasteiger partial charge in [0.15, 0.2) is 0 Å². The number of carbonyl (C=O) groups is 1. The zero-order valence-corrected chi connectivity index (χ0v) is 13.9. The SMILES string of the molecule is Cc1nc(Nc2c(F)cccc2F)cc(C(=O)NCCC(C)C)n1. The van der Waals surface area contributed by atoms with Crippen LogP contribution in [-0.2, 0) is 0 Å². The van der Waals surface area contributed by atoms with Gasteiger partial charge in [-0.25, -0.2) is 18.7 Å². The van der Waals surface area contributed by atoms with Crippen LogP contribution in [0.3, 0.4) is 0 Å². The van der Waals surface area contributed by atoms with Crippen LogP contribution in [-0.4, -0.2) is 22.4 Å². The van der Waals surface area contributed by atoms with Gasteiger partial charge in [-0.05, 0) is 31.4 Å². The third-order valence-electron chi connectivity index (χ3n) is 3.29. The largest absolute Gasteiger partial charge is 0.351 e. The van der Waals surface area contributed by atoms with E-state index in [-0.39, 0.29) is 23.1 Å². The lowest BCUT2D eigenvalue weighted by atomic mass is 10.1. The topological polar surface area (TPSA) is 66.9 Å². The van der Waals surface area contributed by atoms with E-state index in [4.69, 9.17) is 0 Å². The van der Waals surface area contributed by atoms with Crippen molar-refractivity contribution in [3.63, 3.8) is 0 Å². The number of hydrogen-bond donors (Lipinski definition) is 2. The molecule has 128 valence electrons. The van der Waals surface area contributed by atoms with Crippen molar-refractivity contribution in [2.24, 2.45) is 5.92 Å². The van der Waals surface area contributed by atoms with Gasteiger partial charge in [0, 0.05) is 12.6 Å². The summed E-state index contributed by atoms with van der Waals surface area (Å²) in [7, 11) is 0. The van der Waals surface area contributed by atoms with Crippen LogP contribution in [0.5, 0.6) is 0 Å². The fourth-order valence-electron chi connectivity index (χ4n) is 2.06. The highest BCUT2D eigenvalue weighted by Crippen LogP contribution is 2.22. The minimum absolute atomic E-state index is 0.144. The smallest absolute Gasteiger partial charge is 0.270 e. The van der Waals surface area contributed by atoms with Gasteiger partial charge in [-0.15, -0.1) is 0 Å². The van der Waals surface area contributed by atoms with Crippen LogP contribution in [0, 0.1) is 24.5 Å². The Bertz CT molecular complexity index is 714. The Morgan fingerprint density at radius 3 is 2.50 bits per heavy atom. The summed E-state index contributed by atoms with van der Waals surface area (Å²) in [5.41, 5.74) is -0.174. The van der Waals surface area contributed by atoms with Gasteiger partial charge in [0.1, 0.15) is 34.7 Å². The monoisotopic (exact) mass is 334 g/mol. The van der Waals surface area contributed by atoms with Crippen LogP contribution < -0.4 is 10.6 Å². The van der Waals surface area contributed by atoms with Crippen LogP contribution in [0.15, 0.2) is 24.3 Å². The first-order valence-corrected chi connectivity index (χ1v) is 7.71. The van der Waals surface area contributed by atoms with Crippen molar-refractivity contribution >= 4 is 17.4 Å². The molecule has 0 bridgehead atoms. The number of anilines is 2. The molecule has 1 amide bonds. The number of rotatable bonds is 6. The maximum Gasteiger partial charge on any atom is 0.270 e. The van der Waals surface area contributed by atoms with Crippen LogP contribution in [0.25, 0.3) is 0 Å². The first-order valence-electron chi connectivity index (χ1n) is 7.71. The number of hydrogen-bond acceptors (Lipinski definition) is 4. The van der Waals surface area contributed by atoms with E-state index in [1.165, 1.54) is 12.1 Å². The van der Waals surface area contributed by atoms with Gasteiger partial charge >= 0.3 is 0 Å². The molecule has 2 rings (SSSR count). The number of nitrogens with one attached hydrogen (secondary N) is 2. The molecule has 0 saturated heterocycles. The van der Waals surface area contributed by atoms with Crippen molar-refractivity contribution in [1.29, 1.82) is 0 Å². The van der Waals surface area contributed by atoms with Crippen molar-refractivity contribution in [3.8, 4) is 0 Å². The Kier molecular flexibility index (Phi) is 5.78. The molecule has 0 spiro atoms. The second-order valence-corrected chi connectivity index (χ2v) is 5.85. The van der Waals surface area contributed by atoms with Crippen LogP contribution in [0.1, 0.15) is 36.6 Å². The summed E-state index contributed by atoms with van der Waals surface area (Å²) >= 11 is 0. The molecular weight excluding hydrogens is 314 g/mol. The number of carbonyl (C=O) groups excluding carboxylic acids is 1. The van der Waals surface area contributed by atoms with Gasteiger partial charge in [0.05, 0.1) is 0 Å². The number of halogens is 2. The third kappa shape index (κ3) is 4.71. The molecule has 0 aliphatic rings. The average molecular weight is 334 g/mol. The Labute approximate surface area is 139 Å². The lowest BCUT2D eigenvalue weighted by Gasteiger charge is -2.11. The molecule has 2 N–H and O–H groups in total. The van der Waals surface area contributed by atoms with Crippen molar-refractivity contribution in [1.82, 2.24) is 15.3 Å². The van der Waals surface area contributed by atoms with Gasteiger partial charge in [0.2, 0.25) is 0 Å². The van der Waals surface area contributed by atoms with Crippen LogP contribution in [0.2, 0.25) is 0 Å². The van der Waals surface area contributed by atoms with Gasteiger partial charge in [0.25, 0.3) is 5.91 Å². The fourth-order valence-corrected chi connectivity index (χ4v) is 2.06. The third-order valence-corrected chi connectivity index (χ3v) is 3.29. The average Bonchev–Trinajstić information content (AvgIpc) is 2.50. The second kappa shape index (κ2) is 7.81. The predicted molar refractivity (Wildman–Crippen MR) is 88.2 cm³/mol. The lowest BCUT2D eigenvalue weighted by molar-refractivity contribution is 0.0946. The number of benzene rings is 1. The Morgan fingerprint density at radius 2 is 1.88 bits per heavy atom. The van der Waals surface area contributed by atoms with E-state index >= 15 is 0 Å². The van der Waals surface area contributed by atoms with E-state index in [1.807, 2.05) is 0 Å². The number of aromatic nitrogens is 2. The molecule has 0 saturated carbocycles. The van der Waals surface area contributed by atoms with Gasteiger partial charge < -0.3 is 10.6 Å². The standard InChI is InChI=1S/C17H20F2N4O/c1-10(2)7-8-20-17(24)14-9-15(22-11(3)21-14)23-16-12(18)5-4-6-13(16)19/h4-6,9-10H,7-8H2,1-3H3,(H,20,24)(H,21,22,23). The fraction of sp³-hybridized carbons (Fsp3) is 0.353. The molecule has 2 aromatic rings. The first-order chi connectivity index (χ1) is 11.4. The number of amides is 1. The van der Waals surface area contributed by atoms with Crippen molar-refractivity contribution < 1.29 is 13.6 Å². The molecule has 1 aromatic carbocycles. The molecule has 1 aromatic heterocycles. The van der Waals surface area contributed by atoms with Gasteiger partial charge in [-0.1, -0.05) is 19.9 Å². The van der Waals surface area contributed by atoms with E-state index in [0.717, 1.165) is 18.6 Å². The lowest BCUT2D eigenvalue weighted by Crippen LogP contribution is -2.26. The van der Waals surface area contributed by atoms with E-state index < -0.39 is 11.6 Å². The highest BCUT2D eigenvalue weighted by molar-refractivity contribution is 5.93. The van der Waals surface area contributed by atoms with E-state index in [0.29, 0.717) is 18.3 Å². The van der Waals surface area contributed by atoms with Gasteiger partial charge in [-0.2, -0.15) is 0 Å². The van der Waals surface area contributed by atoms with E-state index in [9.17, 15) is 13.6 Å².